The van der Waals surface area contributed by atoms with Gasteiger partial charge in [-0.25, -0.2) is 23.9 Å². The first-order valence-corrected chi connectivity index (χ1v) is 15.5. The van der Waals surface area contributed by atoms with Gasteiger partial charge in [0.1, 0.15) is 35.2 Å². The van der Waals surface area contributed by atoms with Crippen LogP contribution >= 0.6 is 0 Å². The molecule has 2 N–H and O–H groups in total. The number of hydrogen-bond donors (Lipinski definition) is 1. The van der Waals surface area contributed by atoms with Crippen molar-refractivity contribution in [3.8, 4) is 22.8 Å². The molecule has 0 radical (unpaired) electrons. The molecule has 4 aromatic rings. The van der Waals surface area contributed by atoms with Gasteiger partial charge in [-0.05, 0) is 58.0 Å². The number of para-hydroxylation sites is 1. The number of nitrogen functional groups attached to an aromatic ring is 1. The molecule has 12 heteroatoms. The maximum absolute atomic E-state index is 15.6. The van der Waals surface area contributed by atoms with Crippen molar-refractivity contribution in [2.24, 2.45) is 0 Å². The number of carbonyl (C=O) groups is 1. The van der Waals surface area contributed by atoms with Crippen molar-refractivity contribution in [2.75, 3.05) is 52.0 Å². The number of amides is 1. The lowest BCUT2D eigenvalue weighted by molar-refractivity contribution is -0.128. The van der Waals surface area contributed by atoms with Gasteiger partial charge in [-0.3, -0.25) is 9.69 Å². The highest BCUT2D eigenvalue weighted by Gasteiger charge is 2.33. The molecular formula is C34H38FN9O2. The van der Waals surface area contributed by atoms with E-state index in [1.807, 2.05) is 18.2 Å². The maximum atomic E-state index is 15.6. The van der Waals surface area contributed by atoms with E-state index in [0.717, 1.165) is 32.6 Å². The second kappa shape index (κ2) is 12.9. The molecule has 0 aliphatic carbocycles. The van der Waals surface area contributed by atoms with Crippen molar-refractivity contribution in [3.05, 3.63) is 83.9 Å². The van der Waals surface area contributed by atoms with Gasteiger partial charge in [-0.2, -0.15) is 5.10 Å². The standard InChI is InChI=1S/C34H38FN9O2/c1-34(2,43-17-15-41(4)16-18-43)20-28(37-3)33(45)42-14-8-9-23(21-42)44-32-29(31(36)38-22-39-32)30(40-44)26-13-12-25(19-27(26)35)46-24-10-6-5-7-11-24/h5-7,10-13,19-20,22-23H,8-9,14-18,21H2,1-2,4H3,(H2,36,38,39)/b28-20-/t23-/m1/s1. The minimum atomic E-state index is -0.529. The Morgan fingerprint density at radius 1 is 1.09 bits per heavy atom. The van der Waals surface area contributed by atoms with Crippen molar-refractivity contribution in [3.63, 3.8) is 0 Å². The number of fused-ring (bicyclic) bond motifs is 1. The molecule has 4 heterocycles. The molecule has 1 atom stereocenters. The molecule has 2 aromatic heterocycles. The summed E-state index contributed by atoms with van der Waals surface area (Å²) >= 11 is 0. The van der Waals surface area contributed by atoms with Crippen molar-refractivity contribution in [1.82, 2.24) is 34.4 Å². The zero-order valence-electron chi connectivity index (χ0n) is 26.4. The number of piperazine rings is 1. The zero-order valence-corrected chi connectivity index (χ0v) is 26.4. The van der Waals surface area contributed by atoms with Crippen molar-refractivity contribution >= 4 is 22.8 Å². The number of nitrogens with zero attached hydrogens (tertiary/aromatic N) is 8. The molecule has 0 bridgehead atoms. The van der Waals surface area contributed by atoms with Crippen LogP contribution in [0.15, 0.2) is 66.6 Å². The zero-order chi connectivity index (χ0) is 32.4. The molecule has 46 heavy (non-hydrogen) atoms. The van der Waals surface area contributed by atoms with E-state index in [4.69, 9.17) is 22.1 Å². The van der Waals surface area contributed by atoms with Crippen LogP contribution in [0.25, 0.3) is 27.1 Å². The number of nitrogens with two attached hydrogens (primary N) is 1. The van der Waals surface area contributed by atoms with Crippen molar-refractivity contribution in [2.45, 2.75) is 38.3 Å². The number of likely N-dealkylation sites (tertiary alicyclic amines) is 1. The van der Waals surface area contributed by atoms with Crippen LogP contribution in [-0.2, 0) is 4.79 Å². The van der Waals surface area contributed by atoms with Crippen LogP contribution in [0.2, 0.25) is 0 Å². The van der Waals surface area contributed by atoms with Crippen LogP contribution in [0, 0.1) is 12.4 Å². The van der Waals surface area contributed by atoms with E-state index in [1.54, 1.807) is 39.9 Å². The minimum absolute atomic E-state index is 0.113. The SMILES string of the molecule is [C-]#[N+]/C(=C\C(C)(C)N1CCN(C)CC1)C(=O)N1CCC[C@@H](n2nc(-c3ccc(Oc4ccccc4)cc3F)c3c(N)ncnc32)C1. The van der Waals surface area contributed by atoms with E-state index in [2.05, 4.69) is 45.5 Å². The van der Waals surface area contributed by atoms with Gasteiger partial charge in [0.25, 0.3) is 5.91 Å². The fraction of sp³-hybridized carbons (Fsp3) is 0.382. The summed E-state index contributed by atoms with van der Waals surface area (Å²) in [7, 11) is 2.10. The molecule has 2 fully saturated rings. The number of anilines is 1. The summed E-state index contributed by atoms with van der Waals surface area (Å²) in [6.07, 6.45) is 4.60. The molecule has 1 amide bonds. The number of hydrogen-bond acceptors (Lipinski definition) is 8. The number of likely N-dealkylation sites (N-methyl/N-ethyl adjacent to an activating group) is 1. The fourth-order valence-corrected chi connectivity index (χ4v) is 6.27. The van der Waals surface area contributed by atoms with E-state index in [1.165, 1.54) is 12.4 Å². The Morgan fingerprint density at radius 2 is 1.85 bits per heavy atom. The summed E-state index contributed by atoms with van der Waals surface area (Å²) in [6, 6.07) is 13.5. The summed E-state index contributed by atoms with van der Waals surface area (Å²) in [5.41, 5.74) is 7.00. The predicted molar refractivity (Wildman–Crippen MR) is 174 cm³/mol. The van der Waals surface area contributed by atoms with Crippen LogP contribution in [0.3, 0.4) is 0 Å². The van der Waals surface area contributed by atoms with Crippen LogP contribution in [-0.4, -0.2) is 92.2 Å². The Labute approximate surface area is 267 Å². The third-order valence-corrected chi connectivity index (χ3v) is 8.87. The van der Waals surface area contributed by atoms with Crippen molar-refractivity contribution < 1.29 is 13.9 Å². The Bertz CT molecular complexity index is 1810. The first-order chi connectivity index (χ1) is 22.1. The van der Waals surface area contributed by atoms with Crippen LogP contribution < -0.4 is 10.5 Å². The molecule has 2 aromatic carbocycles. The lowest BCUT2D eigenvalue weighted by Crippen LogP contribution is -2.53. The molecular weight excluding hydrogens is 585 g/mol. The Hall–Kier alpha value is -4.86. The van der Waals surface area contributed by atoms with Gasteiger partial charge in [0, 0.05) is 56.4 Å². The van der Waals surface area contributed by atoms with Crippen molar-refractivity contribution in [1.29, 1.82) is 0 Å². The second-order valence-corrected chi connectivity index (χ2v) is 12.4. The quantitative estimate of drug-likeness (QED) is 0.226. The van der Waals surface area contributed by atoms with Gasteiger partial charge in [0.15, 0.2) is 5.65 Å². The molecule has 0 unspecified atom stereocenters. The molecule has 2 aliphatic rings. The van der Waals surface area contributed by atoms with Gasteiger partial charge in [-0.15, -0.1) is 0 Å². The molecule has 238 valence electrons. The van der Waals surface area contributed by atoms with Crippen LogP contribution in [0.1, 0.15) is 32.7 Å². The molecule has 6 rings (SSSR count). The number of carbonyl (C=O) groups excluding carboxylic acids is 1. The Balaban J connectivity index is 1.27. The van der Waals surface area contributed by atoms with E-state index >= 15 is 4.39 Å². The molecule has 2 aliphatic heterocycles. The number of ether oxygens (including phenoxy) is 1. The van der Waals surface area contributed by atoms with E-state index in [9.17, 15) is 4.79 Å². The molecule has 0 spiro atoms. The summed E-state index contributed by atoms with van der Waals surface area (Å²) in [5.74, 6) is 0.300. The smallest absolute Gasteiger partial charge is 0.252 e. The lowest BCUT2D eigenvalue weighted by Gasteiger charge is -2.42. The van der Waals surface area contributed by atoms with Gasteiger partial charge in [0.2, 0.25) is 5.70 Å². The Morgan fingerprint density at radius 3 is 2.57 bits per heavy atom. The third-order valence-electron chi connectivity index (χ3n) is 8.87. The molecule has 2 saturated heterocycles. The topological polar surface area (TPSA) is 110 Å². The van der Waals surface area contributed by atoms with Gasteiger partial charge in [0.05, 0.1) is 18.0 Å². The number of benzene rings is 2. The summed E-state index contributed by atoms with van der Waals surface area (Å²) < 4.78 is 23.2. The lowest BCUT2D eigenvalue weighted by atomic mass is 9.99. The van der Waals surface area contributed by atoms with Crippen LogP contribution in [0.5, 0.6) is 11.5 Å². The van der Waals surface area contributed by atoms with Gasteiger partial charge >= 0.3 is 0 Å². The number of aromatic nitrogens is 4. The highest BCUT2D eigenvalue weighted by molar-refractivity contribution is 5.98. The first-order valence-electron chi connectivity index (χ1n) is 15.5. The minimum Gasteiger partial charge on any atom is -0.457 e. The third kappa shape index (κ3) is 6.29. The van der Waals surface area contributed by atoms with Crippen LogP contribution in [0.4, 0.5) is 10.2 Å². The van der Waals surface area contributed by atoms with Gasteiger partial charge < -0.3 is 20.3 Å². The number of rotatable bonds is 7. The average Bonchev–Trinajstić information content (AvgIpc) is 3.45. The highest BCUT2D eigenvalue weighted by Crippen LogP contribution is 2.36. The largest absolute Gasteiger partial charge is 0.457 e. The van der Waals surface area contributed by atoms with E-state index in [0.29, 0.717) is 47.7 Å². The summed E-state index contributed by atoms with van der Waals surface area (Å²) in [6.45, 7) is 16.4. The molecule has 0 saturated carbocycles. The maximum Gasteiger partial charge on any atom is 0.252 e. The fourth-order valence-electron chi connectivity index (χ4n) is 6.27. The second-order valence-electron chi connectivity index (χ2n) is 12.4. The van der Waals surface area contributed by atoms with E-state index in [-0.39, 0.29) is 29.0 Å². The van der Waals surface area contributed by atoms with Gasteiger partial charge in [-0.1, -0.05) is 24.3 Å². The normalized spacial score (nSPS) is 18.5. The summed E-state index contributed by atoms with van der Waals surface area (Å²) in [4.78, 5) is 32.4. The first kappa shape index (κ1) is 31.1. The monoisotopic (exact) mass is 623 g/mol. The predicted octanol–water partition coefficient (Wildman–Crippen LogP) is 5.00. The van der Waals surface area contributed by atoms with E-state index < -0.39 is 11.4 Å². The summed E-state index contributed by atoms with van der Waals surface area (Å²) in [5, 5.41) is 5.28. The number of halogens is 1. The Kier molecular flexibility index (Phi) is 8.71. The average molecular weight is 624 g/mol. The molecule has 11 nitrogen and oxygen atoms in total. The number of piperidine rings is 1. The highest BCUT2D eigenvalue weighted by atomic mass is 19.1.